The highest BCUT2D eigenvalue weighted by Gasteiger charge is 2.30. The standard InChI is InChI=1S/C17H25N5O3/c1-13(23)19-10-14-9-18-11-15(20-14)16-3-2-4-22(16)12-17(24)21-5-7-25-8-6-21/h9,11,16H,2-8,10,12H2,1H3,(H,19,23)/t16-/m0/s1. The number of hydrogen-bond acceptors (Lipinski definition) is 6. The van der Waals surface area contributed by atoms with Gasteiger partial charge in [0.2, 0.25) is 11.8 Å². The molecule has 136 valence electrons. The lowest BCUT2D eigenvalue weighted by molar-refractivity contribution is -0.136. The van der Waals surface area contributed by atoms with Crippen molar-refractivity contribution in [1.82, 2.24) is 25.1 Å². The van der Waals surface area contributed by atoms with Crippen LogP contribution in [-0.2, 0) is 20.9 Å². The minimum absolute atomic E-state index is 0.0918. The molecule has 0 radical (unpaired) electrons. The van der Waals surface area contributed by atoms with Crippen LogP contribution >= 0.6 is 0 Å². The number of nitrogens with one attached hydrogen (secondary N) is 1. The number of amides is 2. The first-order valence-corrected chi connectivity index (χ1v) is 8.78. The van der Waals surface area contributed by atoms with Crippen LogP contribution in [0.15, 0.2) is 12.4 Å². The predicted octanol–water partition coefficient (Wildman–Crippen LogP) is 0.108. The molecule has 25 heavy (non-hydrogen) atoms. The van der Waals surface area contributed by atoms with E-state index >= 15 is 0 Å². The van der Waals surface area contributed by atoms with Crippen molar-refractivity contribution < 1.29 is 14.3 Å². The van der Waals surface area contributed by atoms with E-state index in [1.165, 1.54) is 6.92 Å². The van der Waals surface area contributed by atoms with E-state index in [4.69, 9.17) is 4.74 Å². The van der Waals surface area contributed by atoms with Gasteiger partial charge in [0, 0.05) is 20.0 Å². The highest BCUT2D eigenvalue weighted by Crippen LogP contribution is 2.30. The van der Waals surface area contributed by atoms with Gasteiger partial charge in [-0.2, -0.15) is 0 Å². The minimum atomic E-state index is -0.0918. The van der Waals surface area contributed by atoms with Crippen LogP contribution in [0.3, 0.4) is 0 Å². The van der Waals surface area contributed by atoms with Crippen molar-refractivity contribution in [2.24, 2.45) is 0 Å². The van der Waals surface area contributed by atoms with Gasteiger partial charge in [-0.05, 0) is 19.4 Å². The van der Waals surface area contributed by atoms with Crippen molar-refractivity contribution in [3.63, 3.8) is 0 Å². The Balaban J connectivity index is 1.63. The molecule has 1 N–H and O–H groups in total. The fourth-order valence-corrected chi connectivity index (χ4v) is 3.32. The summed E-state index contributed by atoms with van der Waals surface area (Å²) in [4.78, 5) is 36.5. The number of aromatic nitrogens is 2. The first kappa shape index (κ1) is 17.8. The minimum Gasteiger partial charge on any atom is -0.378 e. The van der Waals surface area contributed by atoms with Crippen LogP contribution in [0.4, 0.5) is 0 Å². The number of nitrogens with zero attached hydrogens (tertiary/aromatic N) is 4. The van der Waals surface area contributed by atoms with Gasteiger partial charge < -0.3 is 15.0 Å². The Morgan fingerprint density at radius 2 is 2.08 bits per heavy atom. The highest BCUT2D eigenvalue weighted by atomic mass is 16.5. The summed E-state index contributed by atoms with van der Waals surface area (Å²) in [6.45, 7) is 5.72. The molecule has 0 saturated carbocycles. The number of hydrogen-bond donors (Lipinski definition) is 1. The average Bonchev–Trinajstić information content (AvgIpc) is 3.09. The Bertz CT molecular complexity index is 618. The Morgan fingerprint density at radius 1 is 1.28 bits per heavy atom. The van der Waals surface area contributed by atoms with Gasteiger partial charge in [0.25, 0.3) is 0 Å². The topological polar surface area (TPSA) is 87.7 Å². The number of morpholine rings is 1. The Morgan fingerprint density at radius 3 is 2.84 bits per heavy atom. The van der Waals surface area contributed by atoms with E-state index in [0.717, 1.165) is 30.8 Å². The molecule has 2 saturated heterocycles. The van der Waals surface area contributed by atoms with Gasteiger partial charge in [-0.3, -0.25) is 24.5 Å². The van der Waals surface area contributed by atoms with Gasteiger partial charge >= 0.3 is 0 Å². The number of rotatable bonds is 5. The van der Waals surface area contributed by atoms with Crippen molar-refractivity contribution in [1.29, 1.82) is 0 Å². The zero-order chi connectivity index (χ0) is 17.6. The van der Waals surface area contributed by atoms with E-state index in [-0.39, 0.29) is 17.9 Å². The molecule has 3 rings (SSSR count). The van der Waals surface area contributed by atoms with E-state index in [2.05, 4.69) is 20.2 Å². The molecular weight excluding hydrogens is 322 g/mol. The lowest BCUT2D eigenvalue weighted by atomic mass is 10.1. The van der Waals surface area contributed by atoms with Crippen molar-refractivity contribution in [2.75, 3.05) is 39.4 Å². The number of carbonyl (C=O) groups excluding carboxylic acids is 2. The number of ether oxygens (including phenoxy) is 1. The third-order valence-electron chi connectivity index (χ3n) is 4.63. The van der Waals surface area contributed by atoms with Crippen LogP contribution in [0.1, 0.15) is 37.2 Å². The number of carbonyl (C=O) groups is 2. The van der Waals surface area contributed by atoms with Gasteiger partial charge in [-0.1, -0.05) is 0 Å². The third kappa shape index (κ3) is 4.73. The molecule has 2 fully saturated rings. The van der Waals surface area contributed by atoms with E-state index < -0.39 is 0 Å². The summed E-state index contributed by atoms with van der Waals surface area (Å²) < 4.78 is 5.31. The fraction of sp³-hybridized carbons (Fsp3) is 0.647. The van der Waals surface area contributed by atoms with Crippen LogP contribution < -0.4 is 5.32 Å². The van der Waals surface area contributed by atoms with Crippen molar-refractivity contribution in [3.8, 4) is 0 Å². The van der Waals surface area contributed by atoms with Crippen LogP contribution in [0.25, 0.3) is 0 Å². The maximum absolute atomic E-state index is 12.5. The maximum Gasteiger partial charge on any atom is 0.236 e. The largest absolute Gasteiger partial charge is 0.378 e. The van der Waals surface area contributed by atoms with Crippen LogP contribution in [0.2, 0.25) is 0 Å². The van der Waals surface area contributed by atoms with E-state index in [1.54, 1.807) is 12.4 Å². The van der Waals surface area contributed by atoms with Crippen molar-refractivity contribution >= 4 is 11.8 Å². The zero-order valence-electron chi connectivity index (χ0n) is 14.6. The summed E-state index contributed by atoms with van der Waals surface area (Å²) in [6, 6.07) is 0.106. The van der Waals surface area contributed by atoms with Gasteiger partial charge in [-0.15, -0.1) is 0 Å². The smallest absolute Gasteiger partial charge is 0.236 e. The third-order valence-corrected chi connectivity index (χ3v) is 4.63. The molecule has 0 aromatic carbocycles. The van der Waals surface area contributed by atoms with Gasteiger partial charge in [0.1, 0.15) is 0 Å². The van der Waals surface area contributed by atoms with Crippen LogP contribution in [0.5, 0.6) is 0 Å². The molecular formula is C17H25N5O3. The van der Waals surface area contributed by atoms with E-state index in [0.29, 0.717) is 39.4 Å². The normalized spacial score (nSPS) is 21.3. The summed E-state index contributed by atoms with van der Waals surface area (Å²) in [7, 11) is 0. The van der Waals surface area contributed by atoms with Crippen LogP contribution in [0, 0.1) is 0 Å². The molecule has 0 bridgehead atoms. The lowest BCUT2D eigenvalue weighted by Gasteiger charge is -2.30. The molecule has 2 aliphatic rings. The highest BCUT2D eigenvalue weighted by molar-refractivity contribution is 5.78. The van der Waals surface area contributed by atoms with E-state index in [1.807, 2.05) is 4.90 Å². The second-order valence-corrected chi connectivity index (χ2v) is 6.47. The maximum atomic E-state index is 12.5. The zero-order valence-corrected chi connectivity index (χ0v) is 14.6. The Hall–Kier alpha value is -2.06. The van der Waals surface area contributed by atoms with Crippen molar-refractivity contribution in [2.45, 2.75) is 32.4 Å². The Labute approximate surface area is 147 Å². The van der Waals surface area contributed by atoms with Crippen LogP contribution in [-0.4, -0.2) is 71.0 Å². The Kier molecular flexibility index (Phi) is 5.93. The quantitative estimate of drug-likeness (QED) is 0.813. The number of likely N-dealkylation sites (tertiary alicyclic amines) is 1. The average molecular weight is 347 g/mol. The van der Waals surface area contributed by atoms with Gasteiger partial charge in [0.05, 0.1) is 56.1 Å². The SMILES string of the molecule is CC(=O)NCc1cncc([C@@H]2CCCN2CC(=O)N2CCOCC2)n1. The molecule has 1 atom stereocenters. The molecule has 3 heterocycles. The second-order valence-electron chi connectivity index (χ2n) is 6.47. The predicted molar refractivity (Wildman–Crippen MR) is 90.5 cm³/mol. The summed E-state index contributed by atoms with van der Waals surface area (Å²) in [5.41, 5.74) is 1.61. The molecule has 1 aromatic rings. The summed E-state index contributed by atoms with van der Waals surface area (Å²) in [5, 5.41) is 2.74. The van der Waals surface area contributed by atoms with Gasteiger partial charge in [-0.25, -0.2) is 0 Å². The summed E-state index contributed by atoms with van der Waals surface area (Å²) in [6.07, 6.45) is 5.43. The summed E-state index contributed by atoms with van der Waals surface area (Å²) >= 11 is 0. The molecule has 8 heteroatoms. The molecule has 2 aliphatic heterocycles. The monoisotopic (exact) mass is 347 g/mol. The molecule has 0 unspecified atom stereocenters. The molecule has 1 aromatic heterocycles. The van der Waals surface area contributed by atoms with E-state index in [9.17, 15) is 9.59 Å². The molecule has 8 nitrogen and oxygen atoms in total. The first-order chi connectivity index (χ1) is 12.1. The molecule has 0 spiro atoms. The molecule has 2 amide bonds. The second kappa shape index (κ2) is 8.35. The van der Waals surface area contributed by atoms with Crippen molar-refractivity contribution in [3.05, 3.63) is 23.8 Å². The fourth-order valence-electron chi connectivity index (χ4n) is 3.32. The first-order valence-electron chi connectivity index (χ1n) is 8.78. The van der Waals surface area contributed by atoms with Gasteiger partial charge in [0.15, 0.2) is 0 Å². The summed E-state index contributed by atoms with van der Waals surface area (Å²) in [5.74, 6) is 0.0587. The molecule has 0 aliphatic carbocycles. The lowest BCUT2D eigenvalue weighted by Crippen LogP contribution is -2.45.